The van der Waals surface area contributed by atoms with Gasteiger partial charge < -0.3 is 10.4 Å². The number of hydrogen-bond donors (Lipinski definition) is 2. The third kappa shape index (κ3) is 4.24. The summed E-state index contributed by atoms with van der Waals surface area (Å²) in [6, 6.07) is 4.48. The van der Waals surface area contributed by atoms with Crippen molar-refractivity contribution in [2.45, 2.75) is 25.8 Å². The molecule has 4 nitrogen and oxygen atoms in total. The summed E-state index contributed by atoms with van der Waals surface area (Å²) < 4.78 is 1.57. The lowest BCUT2D eigenvalue weighted by molar-refractivity contribution is -0.139. The van der Waals surface area contributed by atoms with Crippen LogP contribution in [0, 0.1) is 3.57 Å². The second kappa shape index (κ2) is 7.08. The zero-order valence-electron chi connectivity index (χ0n) is 9.74. The fourth-order valence-corrected chi connectivity index (χ4v) is 2.40. The maximum absolute atomic E-state index is 12.0. The van der Waals surface area contributed by atoms with Crippen LogP contribution in [0.1, 0.15) is 30.1 Å². The standard InChI is InChI=1S/C12H13BrINO3/c1-2-3-10(12(17)18)15-11(16)8-6-7(13)4-5-9(8)14/h4-6,10H,2-3H2,1H3,(H,15,16)(H,17,18)/t10-/m0/s1. The molecule has 6 heteroatoms. The van der Waals surface area contributed by atoms with Crippen molar-refractivity contribution in [3.8, 4) is 0 Å². The maximum atomic E-state index is 12.0. The van der Waals surface area contributed by atoms with E-state index >= 15 is 0 Å². The predicted octanol–water partition coefficient (Wildman–Crippen LogP) is 3.04. The van der Waals surface area contributed by atoms with Gasteiger partial charge in [0.2, 0.25) is 0 Å². The van der Waals surface area contributed by atoms with Crippen molar-refractivity contribution in [3.63, 3.8) is 0 Å². The molecule has 1 aromatic rings. The first kappa shape index (κ1) is 15.4. The third-order valence-corrected chi connectivity index (χ3v) is 3.79. The molecule has 0 aliphatic heterocycles. The molecule has 0 aliphatic rings. The second-order valence-electron chi connectivity index (χ2n) is 3.78. The summed E-state index contributed by atoms with van der Waals surface area (Å²) in [4.78, 5) is 23.0. The van der Waals surface area contributed by atoms with Gasteiger partial charge in [-0.2, -0.15) is 0 Å². The molecule has 1 aromatic carbocycles. The van der Waals surface area contributed by atoms with Crippen LogP contribution >= 0.6 is 38.5 Å². The van der Waals surface area contributed by atoms with Gasteiger partial charge in [-0.25, -0.2) is 4.79 Å². The largest absolute Gasteiger partial charge is 0.480 e. The van der Waals surface area contributed by atoms with Gasteiger partial charge in [-0.05, 0) is 47.2 Å². The summed E-state index contributed by atoms with van der Waals surface area (Å²) in [5, 5.41) is 11.5. The lowest BCUT2D eigenvalue weighted by atomic mass is 10.1. The molecule has 2 N–H and O–H groups in total. The Labute approximate surface area is 127 Å². The zero-order chi connectivity index (χ0) is 13.7. The van der Waals surface area contributed by atoms with E-state index in [1.54, 1.807) is 12.1 Å². The van der Waals surface area contributed by atoms with E-state index in [9.17, 15) is 9.59 Å². The Morgan fingerprint density at radius 1 is 1.50 bits per heavy atom. The normalized spacial score (nSPS) is 11.9. The van der Waals surface area contributed by atoms with Gasteiger partial charge in [-0.3, -0.25) is 4.79 Å². The van der Waals surface area contributed by atoms with Gasteiger partial charge in [-0.1, -0.05) is 29.3 Å². The van der Waals surface area contributed by atoms with Crippen LogP contribution in [0.3, 0.4) is 0 Å². The SMILES string of the molecule is CCC[C@H](NC(=O)c1cc(Br)ccc1I)C(=O)O. The minimum absolute atomic E-state index is 0.360. The van der Waals surface area contributed by atoms with E-state index in [2.05, 4.69) is 21.2 Å². The van der Waals surface area contributed by atoms with Crippen molar-refractivity contribution in [1.29, 1.82) is 0 Å². The highest BCUT2D eigenvalue weighted by Crippen LogP contribution is 2.18. The van der Waals surface area contributed by atoms with Crippen LogP contribution in [0.5, 0.6) is 0 Å². The fourth-order valence-electron chi connectivity index (χ4n) is 1.45. The highest BCUT2D eigenvalue weighted by Gasteiger charge is 2.20. The number of carbonyl (C=O) groups is 2. The minimum Gasteiger partial charge on any atom is -0.480 e. The van der Waals surface area contributed by atoms with E-state index < -0.39 is 12.0 Å². The lowest BCUT2D eigenvalue weighted by Gasteiger charge is -2.14. The van der Waals surface area contributed by atoms with E-state index in [1.807, 2.05) is 35.6 Å². The number of nitrogens with one attached hydrogen (secondary N) is 1. The number of carboxylic acids is 1. The number of halogens is 2. The Morgan fingerprint density at radius 3 is 2.72 bits per heavy atom. The first-order chi connectivity index (χ1) is 8.45. The van der Waals surface area contributed by atoms with E-state index in [-0.39, 0.29) is 5.91 Å². The van der Waals surface area contributed by atoms with Crippen LogP contribution in [-0.2, 0) is 4.79 Å². The highest BCUT2D eigenvalue weighted by atomic mass is 127. The molecule has 0 aromatic heterocycles. The Balaban J connectivity index is 2.86. The van der Waals surface area contributed by atoms with Gasteiger partial charge in [-0.15, -0.1) is 0 Å². The van der Waals surface area contributed by atoms with Gasteiger partial charge >= 0.3 is 5.97 Å². The van der Waals surface area contributed by atoms with Crippen LogP contribution < -0.4 is 5.32 Å². The molecule has 0 saturated carbocycles. The number of carboxylic acid groups (broad SMARTS) is 1. The van der Waals surface area contributed by atoms with Crippen LogP contribution in [0.15, 0.2) is 22.7 Å². The Bertz CT molecular complexity index is 465. The average molecular weight is 426 g/mol. The van der Waals surface area contributed by atoms with Crippen molar-refractivity contribution in [1.82, 2.24) is 5.32 Å². The summed E-state index contributed by atoms with van der Waals surface area (Å²) in [5.41, 5.74) is 0.479. The Hall–Kier alpha value is -0.630. The molecule has 0 unspecified atom stereocenters. The third-order valence-electron chi connectivity index (χ3n) is 2.35. The molecule has 0 heterocycles. The predicted molar refractivity (Wildman–Crippen MR) is 80.7 cm³/mol. The number of aliphatic carboxylic acids is 1. The number of hydrogen-bond acceptors (Lipinski definition) is 2. The molecule has 1 atom stereocenters. The van der Waals surface area contributed by atoms with Crippen molar-refractivity contribution in [3.05, 3.63) is 31.8 Å². The van der Waals surface area contributed by atoms with Gasteiger partial charge in [0.1, 0.15) is 6.04 Å². The van der Waals surface area contributed by atoms with Crippen LogP contribution in [0.25, 0.3) is 0 Å². The second-order valence-corrected chi connectivity index (χ2v) is 5.85. The molecule has 0 bridgehead atoms. The quantitative estimate of drug-likeness (QED) is 0.712. The molecular formula is C12H13BrINO3. The van der Waals surface area contributed by atoms with E-state index in [1.165, 1.54) is 0 Å². The van der Waals surface area contributed by atoms with E-state index in [0.29, 0.717) is 18.4 Å². The summed E-state index contributed by atoms with van der Waals surface area (Å²) in [7, 11) is 0. The summed E-state index contributed by atoms with van der Waals surface area (Å²) >= 11 is 5.34. The monoisotopic (exact) mass is 425 g/mol. The molecule has 0 saturated heterocycles. The molecule has 0 spiro atoms. The number of amides is 1. The molecule has 1 rings (SSSR count). The summed E-state index contributed by atoms with van der Waals surface area (Å²) in [5.74, 6) is -1.36. The van der Waals surface area contributed by atoms with Crippen LogP contribution in [0.2, 0.25) is 0 Å². The number of carbonyl (C=O) groups excluding carboxylic acids is 1. The topological polar surface area (TPSA) is 66.4 Å². The average Bonchev–Trinajstić information content (AvgIpc) is 2.31. The first-order valence-corrected chi connectivity index (χ1v) is 7.31. The molecule has 1 amide bonds. The Morgan fingerprint density at radius 2 is 2.17 bits per heavy atom. The van der Waals surface area contributed by atoms with Gasteiger partial charge in [0, 0.05) is 8.04 Å². The lowest BCUT2D eigenvalue weighted by Crippen LogP contribution is -2.40. The minimum atomic E-state index is -1.00. The molecule has 0 aliphatic carbocycles. The summed E-state index contributed by atoms with van der Waals surface area (Å²) in [6.07, 6.45) is 1.12. The van der Waals surface area contributed by atoms with Gasteiger partial charge in [0.25, 0.3) is 5.91 Å². The number of benzene rings is 1. The van der Waals surface area contributed by atoms with E-state index in [0.717, 1.165) is 8.04 Å². The van der Waals surface area contributed by atoms with Crippen molar-refractivity contribution in [2.24, 2.45) is 0 Å². The van der Waals surface area contributed by atoms with Crippen molar-refractivity contribution < 1.29 is 14.7 Å². The van der Waals surface area contributed by atoms with Crippen molar-refractivity contribution in [2.75, 3.05) is 0 Å². The number of rotatable bonds is 5. The fraction of sp³-hybridized carbons (Fsp3) is 0.333. The van der Waals surface area contributed by atoms with Crippen LogP contribution in [-0.4, -0.2) is 23.0 Å². The highest BCUT2D eigenvalue weighted by molar-refractivity contribution is 14.1. The molecule has 98 valence electrons. The summed E-state index contributed by atoms with van der Waals surface area (Å²) in [6.45, 7) is 1.88. The van der Waals surface area contributed by atoms with Gasteiger partial charge in [0.05, 0.1) is 5.56 Å². The first-order valence-electron chi connectivity index (χ1n) is 5.44. The van der Waals surface area contributed by atoms with E-state index in [4.69, 9.17) is 5.11 Å². The molecule has 0 radical (unpaired) electrons. The van der Waals surface area contributed by atoms with Crippen molar-refractivity contribution >= 4 is 50.4 Å². The van der Waals surface area contributed by atoms with Gasteiger partial charge in [0.15, 0.2) is 0 Å². The van der Waals surface area contributed by atoms with Crippen LogP contribution in [0.4, 0.5) is 0 Å². The molecule has 18 heavy (non-hydrogen) atoms. The Kier molecular flexibility index (Phi) is 6.07. The molecular weight excluding hydrogens is 413 g/mol. The smallest absolute Gasteiger partial charge is 0.326 e. The maximum Gasteiger partial charge on any atom is 0.326 e. The molecule has 0 fully saturated rings. The zero-order valence-corrected chi connectivity index (χ0v) is 13.5.